The van der Waals surface area contributed by atoms with Gasteiger partial charge in [0.15, 0.2) is 34.2 Å². The number of halogens is 3. The van der Waals surface area contributed by atoms with E-state index in [0.29, 0.717) is 118 Å². The van der Waals surface area contributed by atoms with E-state index in [2.05, 4.69) is 95.8 Å². The Bertz CT molecular complexity index is 3890. The molecule has 6 aromatic rings. The number of nitrogens with two attached hydrogens (primary N) is 2. The van der Waals surface area contributed by atoms with Gasteiger partial charge in [0.25, 0.3) is 11.8 Å². The fourth-order valence-corrected chi connectivity index (χ4v) is 9.32. The standard InChI is InChI=1S/C42H52ClNO4.C19H21ClN2O3.C17H15ClO4.C7H16N2O2/c1-4-5-6-7-8-9-10-11-12-13-14-15-16-17-18-19-20-21-22-24-38(45)25-23-34-44-41(47)42(2,3)48-39-32-28-36(29-33-39)40(46)35-26-30-37(43)31-27-35;1-19(2,18(24)22-12-11-21)25-16-9-5-14(6-10-16)17(23)13-3-7-15(20)8-4-13;1-17(2,16(20)21)22-14-9-5-12(6-10-14)15(19)11-3-7-13(18)8-4-11;1-7(2,3)11-6(10)9-5-4-8/h5-6,8-9,11-12,14-15,17-18,20-21,26-33H,4,7,10,13,16,19,22-25,34H2,1-3H3,(H,44,47);3-10H,11-12,21H2,1-2H3,(H,22,24);3-10H,1-2H3,(H,20,21);4-5,8H2,1-3H3,(H,9,10)/b6-5-,9-8-,12-11-,15-14-,18-17-,21-20-;;;. The number of hydrogen-bond donors (Lipinski definition) is 6. The number of carbonyl (C=O) groups is 8. The summed E-state index contributed by atoms with van der Waals surface area (Å²) in [5, 5.41) is 18.8. The van der Waals surface area contributed by atoms with Crippen molar-refractivity contribution in [1.29, 1.82) is 0 Å². The van der Waals surface area contributed by atoms with Crippen molar-refractivity contribution in [3.63, 3.8) is 0 Å². The molecular weight excluding hydrogens is 1410 g/mol. The summed E-state index contributed by atoms with van der Waals surface area (Å²) in [5.41, 5.74) is 9.77. The van der Waals surface area contributed by atoms with E-state index in [4.69, 9.17) is 70.3 Å². The maximum Gasteiger partial charge on any atom is 0.407 e. The summed E-state index contributed by atoms with van der Waals surface area (Å²) in [7, 11) is 0. The van der Waals surface area contributed by atoms with Crippen molar-refractivity contribution in [2.45, 2.75) is 156 Å². The molecule has 0 atom stereocenters. The van der Waals surface area contributed by atoms with Gasteiger partial charge in [-0.3, -0.25) is 28.8 Å². The van der Waals surface area contributed by atoms with Gasteiger partial charge in [-0.05, 0) is 259 Å². The van der Waals surface area contributed by atoms with Crippen LogP contribution in [0.25, 0.3) is 0 Å². The molecule has 568 valence electrons. The molecule has 0 aromatic heterocycles. The van der Waals surface area contributed by atoms with Gasteiger partial charge in [0.1, 0.15) is 28.6 Å². The van der Waals surface area contributed by atoms with Gasteiger partial charge in [0, 0.05) is 94.0 Å². The number of alkyl carbamates (subject to hydrolysis) is 1. The number of allylic oxidation sites excluding steroid dienone is 12. The van der Waals surface area contributed by atoms with E-state index in [1.807, 2.05) is 20.8 Å². The summed E-state index contributed by atoms with van der Waals surface area (Å²) in [6, 6.07) is 39.8. The molecule has 0 aliphatic rings. The van der Waals surface area contributed by atoms with Crippen molar-refractivity contribution < 1.29 is 62.4 Å². The number of rotatable bonds is 37. The lowest BCUT2D eigenvalue weighted by atomic mass is 10.0. The summed E-state index contributed by atoms with van der Waals surface area (Å²) in [5.74, 6) is -0.395. The number of amides is 3. The van der Waals surface area contributed by atoms with Crippen LogP contribution in [0.2, 0.25) is 15.1 Å². The molecule has 0 unspecified atom stereocenters. The molecule has 0 radical (unpaired) electrons. The largest absolute Gasteiger partial charge is 0.478 e. The van der Waals surface area contributed by atoms with Crippen LogP contribution >= 0.6 is 34.8 Å². The molecule has 6 aromatic carbocycles. The third-order valence-electron chi connectivity index (χ3n) is 14.7. The number of benzene rings is 6. The predicted molar refractivity (Wildman–Crippen MR) is 426 cm³/mol. The number of ether oxygens (including phenoxy) is 4. The molecule has 0 saturated heterocycles. The third kappa shape index (κ3) is 37.3. The molecule has 8 N–H and O–H groups in total. The molecule has 6 rings (SSSR count). The lowest BCUT2D eigenvalue weighted by molar-refractivity contribution is -0.152. The number of ketones is 4. The van der Waals surface area contributed by atoms with Crippen LogP contribution in [-0.2, 0) is 23.9 Å². The van der Waals surface area contributed by atoms with Gasteiger partial charge in [-0.1, -0.05) is 115 Å². The predicted octanol–water partition coefficient (Wildman–Crippen LogP) is 17.8. The van der Waals surface area contributed by atoms with Crippen molar-refractivity contribution in [1.82, 2.24) is 16.0 Å². The van der Waals surface area contributed by atoms with Crippen LogP contribution in [0, 0.1) is 0 Å². The first-order valence-corrected chi connectivity index (χ1v) is 36.3. The average Bonchev–Trinajstić information content (AvgIpc) is 0.845. The Labute approximate surface area is 640 Å². The van der Waals surface area contributed by atoms with Gasteiger partial charge in [0.05, 0.1) is 0 Å². The van der Waals surface area contributed by atoms with Gasteiger partial charge in [-0.2, -0.15) is 0 Å². The minimum atomic E-state index is -1.33. The lowest BCUT2D eigenvalue weighted by Crippen LogP contribution is -2.47. The molecule has 21 heteroatoms. The zero-order valence-electron chi connectivity index (χ0n) is 62.5. The van der Waals surface area contributed by atoms with Crippen LogP contribution in [0.4, 0.5) is 4.79 Å². The molecular formula is C85H104Cl3N5O13. The molecule has 106 heavy (non-hydrogen) atoms. The SMILES string of the molecule is CC(C)(C)OC(=O)NCCN.CC(C)(Oc1ccc(C(=O)c2ccc(Cl)cc2)cc1)C(=O)NCCN.CC(C)(Oc1ccc(C(=O)c2ccc(Cl)cc2)cc1)C(=O)O.CC/C=C\C/C=C\C/C=C\C/C=C\C/C=C\C/C=C\CCC(=O)CCCNC(=O)C(C)(C)Oc1ccc(C(=O)c2ccc(Cl)cc2)cc1. The highest BCUT2D eigenvalue weighted by molar-refractivity contribution is 6.31. The minimum absolute atomic E-state index is 0.108. The molecule has 0 saturated carbocycles. The summed E-state index contributed by atoms with van der Waals surface area (Å²) in [4.78, 5) is 96.3. The van der Waals surface area contributed by atoms with Gasteiger partial charge in [-0.15, -0.1) is 0 Å². The third-order valence-corrected chi connectivity index (χ3v) is 15.5. The number of aliphatic carboxylic acids is 1. The smallest absolute Gasteiger partial charge is 0.407 e. The number of carbonyl (C=O) groups excluding carboxylic acids is 7. The molecule has 3 amide bonds. The molecule has 0 fully saturated rings. The molecule has 18 nitrogen and oxygen atoms in total. The van der Waals surface area contributed by atoms with E-state index in [-0.39, 0.29) is 34.9 Å². The van der Waals surface area contributed by atoms with Gasteiger partial charge in [0.2, 0.25) is 0 Å². The Morgan fingerprint density at radius 2 is 0.670 bits per heavy atom. The van der Waals surface area contributed by atoms with Crippen molar-refractivity contribution >= 4 is 81.8 Å². The number of hydrogen-bond acceptors (Lipinski definition) is 14. The van der Waals surface area contributed by atoms with E-state index < -0.39 is 34.5 Å². The minimum Gasteiger partial charge on any atom is -0.478 e. The molecule has 0 heterocycles. The van der Waals surface area contributed by atoms with E-state index in [1.165, 1.54) is 13.8 Å². The highest BCUT2D eigenvalue weighted by Crippen LogP contribution is 2.25. The first-order valence-electron chi connectivity index (χ1n) is 35.2. The average molecular weight is 1510 g/mol. The van der Waals surface area contributed by atoms with Crippen LogP contribution in [0.5, 0.6) is 17.2 Å². The van der Waals surface area contributed by atoms with Gasteiger partial charge in [-0.25, -0.2) is 9.59 Å². The Morgan fingerprint density at radius 1 is 0.387 bits per heavy atom. The number of Topliss-reactive ketones (excluding diaryl/α,β-unsaturated/α-hetero) is 1. The number of nitrogens with one attached hydrogen (secondary N) is 3. The Morgan fingerprint density at radius 3 is 0.972 bits per heavy atom. The normalized spacial score (nSPS) is 11.7. The van der Waals surface area contributed by atoms with Crippen LogP contribution in [0.3, 0.4) is 0 Å². The van der Waals surface area contributed by atoms with Crippen molar-refractivity contribution in [3.8, 4) is 17.2 Å². The maximum atomic E-state index is 12.8. The second-order valence-electron chi connectivity index (χ2n) is 26.3. The fourth-order valence-electron chi connectivity index (χ4n) is 8.94. The number of carboxylic acid groups (broad SMARTS) is 1. The van der Waals surface area contributed by atoms with E-state index >= 15 is 0 Å². The molecule has 0 bridgehead atoms. The zero-order valence-corrected chi connectivity index (χ0v) is 64.8. The number of carboxylic acids is 1. The lowest BCUT2D eigenvalue weighted by Gasteiger charge is -2.25. The molecule has 0 aliphatic carbocycles. The van der Waals surface area contributed by atoms with Crippen LogP contribution in [0.15, 0.2) is 219 Å². The fraction of sp³-hybridized carbons (Fsp3) is 0.341. The van der Waals surface area contributed by atoms with Crippen LogP contribution in [0.1, 0.15) is 181 Å². The second kappa shape index (κ2) is 48.4. The van der Waals surface area contributed by atoms with Gasteiger partial charge < -0.3 is 51.5 Å². The highest BCUT2D eigenvalue weighted by Gasteiger charge is 2.32. The Kier molecular flexibility index (Phi) is 41.4. The topological polar surface area (TPSA) is 282 Å². The zero-order chi connectivity index (χ0) is 78.6. The second-order valence-corrected chi connectivity index (χ2v) is 27.6. The van der Waals surface area contributed by atoms with Gasteiger partial charge >= 0.3 is 12.1 Å². The van der Waals surface area contributed by atoms with Crippen molar-refractivity contribution in [2.75, 3.05) is 32.7 Å². The summed E-state index contributed by atoms with van der Waals surface area (Å²) in [6.07, 6.45) is 33.6. The molecule has 0 spiro atoms. The van der Waals surface area contributed by atoms with Crippen LogP contribution in [-0.4, -0.2) is 107 Å². The quantitative estimate of drug-likeness (QED) is 0.0120. The Balaban J connectivity index is 0.000000417. The molecule has 0 aliphatic heterocycles. The monoisotopic (exact) mass is 1510 g/mol. The summed E-state index contributed by atoms with van der Waals surface area (Å²) >= 11 is 17.5. The first kappa shape index (κ1) is 90.5. The van der Waals surface area contributed by atoms with Crippen molar-refractivity contribution in [2.24, 2.45) is 11.5 Å². The summed E-state index contributed by atoms with van der Waals surface area (Å²) in [6.45, 7) is 19.3. The van der Waals surface area contributed by atoms with Crippen molar-refractivity contribution in [3.05, 3.63) is 267 Å². The van der Waals surface area contributed by atoms with E-state index in [1.54, 1.807) is 173 Å². The van der Waals surface area contributed by atoms with E-state index in [0.717, 1.165) is 44.9 Å². The van der Waals surface area contributed by atoms with E-state index in [9.17, 15) is 38.4 Å². The van der Waals surface area contributed by atoms with Crippen LogP contribution < -0.4 is 41.6 Å². The first-order chi connectivity index (χ1) is 50.3. The maximum absolute atomic E-state index is 12.8. The summed E-state index contributed by atoms with van der Waals surface area (Å²) < 4.78 is 22.0. The Hall–Kier alpha value is -9.69. The highest BCUT2D eigenvalue weighted by atomic mass is 35.5.